The molecule has 0 aliphatic heterocycles. The molecule has 0 saturated heterocycles. The van der Waals surface area contributed by atoms with Gasteiger partial charge in [0.2, 0.25) is 0 Å². The molecular weight excluding hydrogens is 136 g/mol. The van der Waals surface area contributed by atoms with Crippen LogP contribution in [0.25, 0.3) is 0 Å². The summed E-state index contributed by atoms with van der Waals surface area (Å²) >= 11 is 0. The lowest BCUT2D eigenvalue weighted by molar-refractivity contribution is 0.896. The van der Waals surface area contributed by atoms with E-state index in [4.69, 9.17) is 5.26 Å². The van der Waals surface area contributed by atoms with E-state index in [2.05, 4.69) is 17.3 Å². The SMILES string of the molecule is N#CC1(c2cc[c]nc2)CC1. The third-order valence-corrected chi connectivity index (χ3v) is 2.13. The molecule has 1 heterocycles. The Bertz CT molecular complexity index is 293. The van der Waals surface area contributed by atoms with Crippen LogP contribution in [0.2, 0.25) is 0 Å². The molecule has 1 aromatic heterocycles. The molecule has 2 heteroatoms. The average Bonchev–Trinajstić information content (AvgIpc) is 2.86. The molecule has 0 atom stereocenters. The summed E-state index contributed by atoms with van der Waals surface area (Å²) in [7, 11) is 0. The van der Waals surface area contributed by atoms with Crippen LogP contribution < -0.4 is 0 Å². The molecule has 1 aliphatic rings. The highest BCUT2D eigenvalue weighted by atomic mass is 14.6. The predicted octanol–water partition coefficient (Wildman–Crippen LogP) is 1.44. The Morgan fingerprint density at radius 2 is 2.45 bits per heavy atom. The van der Waals surface area contributed by atoms with Crippen LogP contribution in [-0.2, 0) is 5.41 Å². The maximum atomic E-state index is 8.82. The molecular formula is C9H7N2. The van der Waals surface area contributed by atoms with E-state index < -0.39 is 0 Å². The first-order valence-corrected chi connectivity index (χ1v) is 3.61. The van der Waals surface area contributed by atoms with Gasteiger partial charge in [0.15, 0.2) is 0 Å². The van der Waals surface area contributed by atoms with Crippen LogP contribution >= 0.6 is 0 Å². The van der Waals surface area contributed by atoms with Gasteiger partial charge < -0.3 is 0 Å². The molecule has 2 rings (SSSR count). The molecule has 1 saturated carbocycles. The van der Waals surface area contributed by atoms with Crippen molar-refractivity contribution in [3.05, 3.63) is 30.1 Å². The molecule has 0 bridgehead atoms. The Labute approximate surface area is 65.5 Å². The fraction of sp³-hybridized carbons (Fsp3) is 0.333. The number of hydrogen-bond donors (Lipinski definition) is 0. The van der Waals surface area contributed by atoms with Crippen LogP contribution in [0, 0.1) is 17.5 Å². The van der Waals surface area contributed by atoms with E-state index in [9.17, 15) is 0 Å². The zero-order chi connectivity index (χ0) is 7.73. The summed E-state index contributed by atoms with van der Waals surface area (Å²) in [4.78, 5) is 3.86. The molecule has 0 N–H and O–H groups in total. The van der Waals surface area contributed by atoms with Crippen molar-refractivity contribution >= 4 is 0 Å². The van der Waals surface area contributed by atoms with Gasteiger partial charge in [-0.05, 0) is 24.5 Å². The third-order valence-electron chi connectivity index (χ3n) is 2.13. The second kappa shape index (κ2) is 2.06. The van der Waals surface area contributed by atoms with Gasteiger partial charge in [0.25, 0.3) is 0 Å². The van der Waals surface area contributed by atoms with E-state index in [1.165, 1.54) is 0 Å². The number of aromatic nitrogens is 1. The monoisotopic (exact) mass is 143 g/mol. The second-order valence-electron chi connectivity index (χ2n) is 2.87. The Kier molecular flexibility index (Phi) is 1.19. The lowest BCUT2D eigenvalue weighted by Gasteiger charge is -2.02. The van der Waals surface area contributed by atoms with Crippen molar-refractivity contribution in [1.29, 1.82) is 5.26 Å². The summed E-state index contributed by atoms with van der Waals surface area (Å²) in [6, 6.07) is 5.99. The van der Waals surface area contributed by atoms with Gasteiger partial charge in [-0.15, -0.1) is 0 Å². The van der Waals surface area contributed by atoms with E-state index in [-0.39, 0.29) is 5.41 Å². The molecule has 0 aromatic carbocycles. The summed E-state index contributed by atoms with van der Waals surface area (Å²) in [6.07, 6.45) is 6.39. The molecule has 1 aromatic rings. The van der Waals surface area contributed by atoms with Gasteiger partial charge in [-0.25, -0.2) is 0 Å². The smallest absolute Gasteiger partial charge is 0.0886 e. The van der Waals surface area contributed by atoms with Gasteiger partial charge in [-0.1, -0.05) is 6.07 Å². The number of nitriles is 1. The van der Waals surface area contributed by atoms with Gasteiger partial charge in [0.05, 0.1) is 17.7 Å². The maximum absolute atomic E-state index is 8.82. The highest BCUT2D eigenvalue weighted by Gasteiger charge is 2.44. The predicted molar refractivity (Wildman–Crippen MR) is 39.6 cm³/mol. The molecule has 2 nitrogen and oxygen atoms in total. The van der Waals surface area contributed by atoms with Gasteiger partial charge in [-0.2, -0.15) is 5.26 Å². The Balaban J connectivity index is 2.39. The number of rotatable bonds is 1. The number of pyridine rings is 1. The van der Waals surface area contributed by atoms with Gasteiger partial charge >= 0.3 is 0 Å². The van der Waals surface area contributed by atoms with Crippen LogP contribution in [0.3, 0.4) is 0 Å². The largest absolute Gasteiger partial charge is 0.254 e. The van der Waals surface area contributed by atoms with Gasteiger partial charge in [0, 0.05) is 6.20 Å². The molecule has 0 unspecified atom stereocenters. The maximum Gasteiger partial charge on any atom is 0.0886 e. The van der Waals surface area contributed by atoms with Crippen LogP contribution in [-0.4, -0.2) is 4.98 Å². The molecule has 0 spiro atoms. The first-order chi connectivity index (χ1) is 5.37. The van der Waals surface area contributed by atoms with Crippen molar-refractivity contribution in [1.82, 2.24) is 4.98 Å². The summed E-state index contributed by atoms with van der Waals surface area (Å²) in [5, 5.41) is 8.82. The number of hydrogen-bond acceptors (Lipinski definition) is 2. The van der Waals surface area contributed by atoms with Crippen molar-refractivity contribution in [2.45, 2.75) is 18.3 Å². The normalized spacial score (nSPS) is 18.8. The minimum atomic E-state index is -0.192. The molecule has 1 aliphatic carbocycles. The van der Waals surface area contributed by atoms with Crippen molar-refractivity contribution in [2.75, 3.05) is 0 Å². The summed E-state index contributed by atoms with van der Waals surface area (Å²) in [5.41, 5.74) is 0.848. The fourth-order valence-electron chi connectivity index (χ4n) is 1.19. The van der Waals surface area contributed by atoms with E-state index >= 15 is 0 Å². The van der Waals surface area contributed by atoms with Crippen molar-refractivity contribution < 1.29 is 0 Å². The molecule has 1 radical (unpaired) electrons. The zero-order valence-electron chi connectivity index (χ0n) is 6.04. The Hall–Kier alpha value is -1.36. The van der Waals surface area contributed by atoms with Gasteiger partial charge in [-0.3, -0.25) is 4.98 Å². The first-order valence-electron chi connectivity index (χ1n) is 3.61. The van der Waals surface area contributed by atoms with E-state index in [1.807, 2.05) is 6.07 Å². The Morgan fingerprint density at radius 3 is 2.91 bits per heavy atom. The van der Waals surface area contributed by atoms with E-state index in [0.29, 0.717) is 0 Å². The Morgan fingerprint density at radius 1 is 1.64 bits per heavy atom. The summed E-state index contributed by atoms with van der Waals surface area (Å²) in [5.74, 6) is 0. The third kappa shape index (κ3) is 0.894. The lowest BCUT2D eigenvalue weighted by atomic mass is 10.0. The van der Waals surface area contributed by atoms with Crippen LogP contribution in [0.1, 0.15) is 18.4 Å². The topological polar surface area (TPSA) is 36.7 Å². The fourth-order valence-corrected chi connectivity index (χ4v) is 1.19. The second-order valence-corrected chi connectivity index (χ2v) is 2.87. The molecule has 1 fully saturated rings. The zero-order valence-corrected chi connectivity index (χ0v) is 6.04. The van der Waals surface area contributed by atoms with Gasteiger partial charge in [0.1, 0.15) is 0 Å². The molecule has 53 valence electrons. The minimum Gasteiger partial charge on any atom is -0.254 e. The van der Waals surface area contributed by atoms with Crippen molar-refractivity contribution in [2.24, 2.45) is 0 Å². The minimum absolute atomic E-state index is 0.192. The summed E-state index contributed by atoms with van der Waals surface area (Å²) < 4.78 is 0. The first kappa shape index (κ1) is 6.36. The average molecular weight is 143 g/mol. The lowest BCUT2D eigenvalue weighted by Crippen LogP contribution is -2.01. The van der Waals surface area contributed by atoms with E-state index in [0.717, 1.165) is 18.4 Å². The quantitative estimate of drug-likeness (QED) is 0.596. The summed E-state index contributed by atoms with van der Waals surface area (Å²) in [6.45, 7) is 0. The highest BCUT2D eigenvalue weighted by molar-refractivity contribution is 5.36. The standard InChI is InChI=1S/C9H7N2/c10-7-9(3-4-9)8-2-1-5-11-6-8/h1-2,6H,3-4H2. The van der Waals surface area contributed by atoms with Crippen molar-refractivity contribution in [3.8, 4) is 6.07 Å². The van der Waals surface area contributed by atoms with Crippen molar-refractivity contribution in [3.63, 3.8) is 0 Å². The van der Waals surface area contributed by atoms with Crippen LogP contribution in [0.4, 0.5) is 0 Å². The highest BCUT2D eigenvalue weighted by Crippen LogP contribution is 2.46. The number of nitrogens with zero attached hydrogens (tertiary/aromatic N) is 2. The van der Waals surface area contributed by atoms with E-state index in [1.54, 1.807) is 12.3 Å². The van der Waals surface area contributed by atoms with Crippen LogP contribution in [0.15, 0.2) is 18.3 Å². The van der Waals surface area contributed by atoms with Crippen LogP contribution in [0.5, 0.6) is 0 Å². The molecule has 0 amide bonds. The molecule has 11 heavy (non-hydrogen) atoms.